The number of methoxy groups -OCH3 is 1. The minimum Gasteiger partial charge on any atom is -0.375 e. The van der Waals surface area contributed by atoms with E-state index < -0.39 is 10.0 Å². The van der Waals surface area contributed by atoms with Crippen molar-refractivity contribution in [2.24, 2.45) is 5.10 Å². The Morgan fingerprint density at radius 2 is 2.19 bits per heavy atom. The van der Waals surface area contributed by atoms with Crippen molar-refractivity contribution in [1.82, 2.24) is 5.01 Å². The number of nitrogens with zero attached hydrogens (tertiary/aromatic N) is 2. The fourth-order valence-corrected chi connectivity index (χ4v) is 4.15. The Hall–Kier alpha value is -2.23. The lowest BCUT2D eigenvalue weighted by atomic mass is 10.0. The third kappa shape index (κ3) is 4.29. The largest absolute Gasteiger partial charge is 0.375 e. The van der Waals surface area contributed by atoms with Crippen molar-refractivity contribution < 1.29 is 17.9 Å². The molecule has 0 saturated carbocycles. The number of hydrogen-bond donors (Lipinski definition) is 1. The van der Waals surface area contributed by atoms with E-state index in [-0.39, 0.29) is 18.6 Å². The van der Waals surface area contributed by atoms with Gasteiger partial charge in [0.2, 0.25) is 10.0 Å². The molecule has 2 heterocycles. The highest BCUT2D eigenvalue weighted by Gasteiger charge is 2.33. The van der Waals surface area contributed by atoms with E-state index in [2.05, 4.69) is 9.82 Å². The predicted molar refractivity (Wildman–Crippen MR) is 102 cm³/mol. The number of sulfonamides is 1. The van der Waals surface area contributed by atoms with Crippen LogP contribution in [0.2, 0.25) is 0 Å². The molecule has 1 aliphatic rings. The van der Waals surface area contributed by atoms with Gasteiger partial charge in [-0.1, -0.05) is 18.2 Å². The monoisotopic (exact) mass is 393 g/mol. The van der Waals surface area contributed by atoms with Crippen LogP contribution >= 0.6 is 11.3 Å². The third-order valence-corrected chi connectivity index (χ3v) is 5.38. The molecule has 0 fully saturated rings. The van der Waals surface area contributed by atoms with Crippen LogP contribution in [0.3, 0.4) is 0 Å². The van der Waals surface area contributed by atoms with Crippen LogP contribution in [0.5, 0.6) is 0 Å². The number of carbonyl (C=O) groups is 1. The van der Waals surface area contributed by atoms with Crippen molar-refractivity contribution >= 4 is 38.7 Å². The fraction of sp³-hybridized carbons (Fsp3) is 0.294. The van der Waals surface area contributed by atoms with E-state index in [1.165, 1.54) is 12.1 Å². The molecule has 0 unspecified atom stereocenters. The molecule has 2 aromatic rings. The van der Waals surface area contributed by atoms with Crippen LogP contribution in [-0.2, 0) is 19.6 Å². The molecule has 1 aromatic carbocycles. The van der Waals surface area contributed by atoms with Gasteiger partial charge in [0.25, 0.3) is 5.91 Å². The summed E-state index contributed by atoms with van der Waals surface area (Å²) in [5.74, 6) is -0.216. The second-order valence-electron chi connectivity index (χ2n) is 5.91. The molecule has 7 nitrogen and oxygen atoms in total. The van der Waals surface area contributed by atoms with Crippen LogP contribution in [0.1, 0.15) is 22.9 Å². The van der Waals surface area contributed by atoms with E-state index in [0.29, 0.717) is 12.1 Å². The number of amides is 1. The second-order valence-corrected chi connectivity index (χ2v) is 8.64. The molecule has 1 amide bonds. The molecule has 0 saturated heterocycles. The first-order chi connectivity index (χ1) is 12.4. The highest BCUT2D eigenvalue weighted by molar-refractivity contribution is 7.92. The third-order valence-electron chi connectivity index (χ3n) is 3.80. The lowest BCUT2D eigenvalue weighted by Crippen LogP contribution is -2.29. The molecule has 0 radical (unpaired) electrons. The van der Waals surface area contributed by atoms with Crippen LogP contribution < -0.4 is 4.72 Å². The molecule has 1 aromatic heterocycles. The standard InChI is InChI=1S/C17H19N3O4S2/c1-24-11-17(21)20-15(16-7-4-8-25-16)10-14(18-20)12-5-3-6-13(9-12)19-26(2,22)23/h3-9,15,19H,10-11H2,1-2H3/t15-/m0/s1. The molecule has 9 heteroatoms. The van der Waals surface area contributed by atoms with Gasteiger partial charge in [-0.05, 0) is 29.1 Å². The van der Waals surface area contributed by atoms with Gasteiger partial charge in [0.1, 0.15) is 6.61 Å². The summed E-state index contributed by atoms with van der Waals surface area (Å²) < 4.78 is 30.3. The Labute approximate surface area is 156 Å². The van der Waals surface area contributed by atoms with Crippen LogP contribution in [0.25, 0.3) is 0 Å². The van der Waals surface area contributed by atoms with Crippen LogP contribution in [-0.4, -0.2) is 45.0 Å². The first-order valence-electron chi connectivity index (χ1n) is 7.87. The zero-order valence-corrected chi connectivity index (χ0v) is 16.0. The maximum atomic E-state index is 12.4. The van der Waals surface area contributed by atoms with Gasteiger partial charge in [-0.25, -0.2) is 13.4 Å². The number of carbonyl (C=O) groups excluding carboxylic acids is 1. The summed E-state index contributed by atoms with van der Waals surface area (Å²) in [6.45, 7) is -0.0473. The molecule has 1 aliphatic heterocycles. The van der Waals surface area contributed by atoms with Gasteiger partial charge in [0, 0.05) is 24.1 Å². The topological polar surface area (TPSA) is 88.1 Å². The summed E-state index contributed by atoms with van der Waals surface area (Å²) in [6.07, 6.45) is 1.66. The Bertz CT molecular complexity index is 923. The Kier molecular flexibility index (Phi) is 5.40. The summed E-state index contributed by atoms with van der Waals surface area (Å²) in [5.41, 5.74) is 1.96. The van der Waals surface area contributed by atoms with E-state index in [1.807, 2.05) is 23.6 Å². The van der Waals surface area contributed by atoms with E-state index in [1.54, 1.807) is 29.5 Å². The normalized spacial score (nSPS) is 17.2. The molecule has 0 spiro atoms. The molecule has 0 aliphatic carbocycles. The van der Waals surface area contributed by atoms with Crippen molar-refractivity contribution in [3.63, 3.8) is 0 Å². The number of ether oxygens (including phenoxy) is 1. The fourth-order valence-electron chi connectivity index (χ4n) is 2.78. The van der Waals surface area contributed by atoms with Gasteiger partial charge in [0.15, 0.2) is 0 Å². The molecule has 1 atom stereocenters. The summed E-state index contributed by atoms with van der Waals surface area (Å²) in [7, 11) is -1.89. The molecule has 0 bridgehead atoms. The molecule has 1 N–H and O–H groups in total. The van der Waals surface area contributed by atoms with Gasteiger partial charge in [-0.3, -0.25) is 9.52 Å². The zero-order chi connectivity index (χ0) is 18.7. The maximum Gasteiger partial charge on any atom is 0.269 e. The number of nitrogens with one attached hydrogen (secondary N) is 1. The van der Waals surface area contributed by atoms with Gasteiger partial charge >= 0.3 is 0 Å². The lowest BCUT2D eigenvalue weighted by Gasteiger charge is -2.20. The molecule has 138 valence electrons. The molecular weight excluding hydrogens is 374 g/mol. The summed E-state index contributed by atoms with van der Waals surface area (Å²) in [4.78, 5) is 13.4. The van der Waals surface area contributed by atoms with Crippen LogP contribution in [0, 0.1) is 0 Å². The Morgan fingerprint density at radius 3 is 2.85 bits per heavy atom. The van der Waals surface area contributed by atoms with Gasteiger partial charge in [-0.2, -0.15) is 5.10 Å². The Morgan fingerprint density at radius 1 is 1.38 bits per heavy atom. The zero-order valence-electron chi connectivity index (χ0n) is 14.4. The average molecular weight is 393 g/mol. The molecular formula is C17H19N3O4S2. The van der Waals surface area contributed by atoms with E-state index in [4.69, 9.17) is 4.74 Å². The Balaban J connectivity index is 1.91. The van der Waals surface area contributed by atoms with Gasteiger partial charge < -0.3 is 4.74 Å². The van der Waals surface area contributed by atoms with Gasteiger partial charge in [-0.15, -0.1) is 11.3 Å². The molecule has 26 heavy (non-hydrogen) atoms. The first kappa shape index (κ1) is 18.6. The highest BCUT2D eigenvalue weighted by atomic mass is 32.2. The number of thiophene rings is 1. The lowest BCUT2D eigenvalue weighted by molar-refractivity contribution is -0.136. The average Bonchev–Trinajstić information content (AvgIpc) is 3.23. The van der Waals surface area contributed by atoms with E-state index in [0.717, 1.165) is 22.4 Å². The first-order valence-corrected chi connectivity index (χ1v) is 10.6. The van der Waals surface area contributed by atoms with Crippen molar-refractivity contribution in [2.45, 2.75) is 12.5 Å². The maximum absolute atomic E-state index is 12.4. The summed E-state index contributed by atoms with van der Waals surface area (Å²) >= 11 is 1.57. The number of rotatable bonds is 6. The minimum absolute atomic E-state index is 0.0473. The second kappa shape index (κ2) is 7.56. The number of hydrazone groups is 1. The minimum atomic E-state index is -3.36. The smallest absolute Gasteiger partial charge is 0.269 e. The SMILES string of the molecule is COCC(=O)N1N=C(c2cccc(NS(C)(=O)=O)c2)C[C@H]1c1cccs1. The number of hydrogen-bond acceptors (Lipinski definition) is 6. The van der Waals surface area contributed by atoms with Crippen molar-refractivity contribution in [1.29, 1.82) is 0 Å². The van der Waals surface area contributed by atoms with Crippen molar-refractivity contribution in [3.8, 4) is 0 Å². The summed E-state index contributed by atoms with van der Waals surface area (Å²) in [6, 6.07) is 10.7. The predicted octanol–water partition coefficient (Wildman–Crippen LogP) is 2.44. The van der Waals surface area contributed by atoms with Crippen molar-refractivity contribution in [2.75, 3.05) is 24.7 Å². The highest BCUT2D eigenvalue weighted by Crippen LogP contribution is 2.35. The van der Waals surface area contributed by atoms with E-state index in [9.17, 15) is 13.2 Å². The quantitative estimate of drug-likeness (QED) is 0.816. The number of benzene rings is 1. The van der Waals surface area contributed by atoms with Crippen LogP contribution in [0.4, 0.5) is 5.69 Å². The van der Waals surface area contributed by atoms with Crippen LogP contribution in [0.15, 0.2) is 46.9 Å². The number of anilines is 1. The summed E-state index contributed by atoms with van der Waals surface area (Å²) in [5, 5.41) is 7.92. The van der Waals surface area contributed by atoms with E-state index >= 15 is 0 Å². The molecule has 3 rings (SSSR count). The van der Waals surface area contributed by atoms with Crippen molar-refractivity contribution in [3.05, 3.63) is 52.2 Å². The van der Waals surface area contributed by atoms with Gasteiger partial charge in [0.05, 0.1) is 18.0 Å².